The second-order valence-electron chi connectivity index (χ2n) is 5.04. The molecule has 19 heavy (non-hydrogen) atoms. The van der Waals surface area contributed by atoms with Crippen LogP contribution in [0.5, 0.6) is 0 Å². The van der Waals surface area contributed by atoms with Crippen LogP contribution < -0.4 is 5.32 Å². The molecule has 1 heterocycles. The van der Waals surface area contributed by atoms with Crippen LogP contribution in [0.25, 0.3) is 0 Å². The highest BCUT2D eigenvalue weighted by Gasteiger charge is 2.20. The Morgan fingerprint density at radius 3 is 2.89 bits per heavy atom. The number of ether oxygens (including phenoxy) is 2. The quantitative estimate of drug-likeness (QED) is 0.626. The predicted molar refractivity (Wildman–Crippen MR) is 74.0 cm³/mol. The zero-order valence-corrected chi connectivity index (χ0v) is 11.8. The van der Waals surface area contributed by atoms with Gasteiger partial charge in [0.05, 0.1) is 19.5 Å². The van der Waals surface area contributed by atoms with Gasteiger partial charge >= 0.3 is 0 Å². The molecular formula is C15H25NO3. The Morgan fingerprint density at radius 2 is 2.11 bits per heavy atom. The second-order valence-corrected chi connectivity index (χ2v) is 5.04. The standard InChI is InChI=1S/C15H25NO3/c1-2-3-7-17-9-10-18-12-15-13(6-8-19-15)11-16-14-4-5-14/h6,8,14,16H,2-5,7,9-12H2,1H3. The number of nitrogens with one attached hydrogen (secondary N) is 1. The summed E-state index contributed by atoms with van der Waals surface area (Å²) in [6, 6.07) is 2.74. The molecule has 0 bridgehead atoms. The lowest BCUT2D eigenvalue weighted by Gasteiger charge is -2.06. The van der Waals surface area contributed by atoms with Crippen molar-refractivity contribution in [3.63, 3.8) is 0 Å². The molecule has 4 heteroatoms. The van der Waals surface area contributed by atoms with Crippen molar-refractivity contribution in [3.05, 3.63) is 23.7 Å². The third kappa shape index (κ3) is 5.76. The molecular weight excluding hydrogens is 242 g/mol. The van der Waals surface area contributed by atoms with Crippen LogP contribution in [-0.2, 0) is 22.6 Å². The summed E-state index contributed by atoms with van der Waals surface area (Å²) in [6.45, 7) is 5.69. The van der Waals surface area contributed by atoms with E-state index in [-0.39, 0.29) is 0 Å². The largest absolute Gasteiger partial charge is 0.467 e. The zero-order valence-electron chi connectivity index (χ0n) is 11.8. The van der Waals surface area contributed by atoms with Crippen LogP contribution in [-0.4, -0.2) is 25.9 Å². The highest BCUT2D eigenvalue weighted by atomic mass is 16.5. The average Bonchev–Trinajstić information content (AvgIpc) is 3.15. The summed E-state index contributed by atoms with van der Waals surface area (Å²) in [5, 5.41) is 3.48. The molecule has 1 aromatic rings. The van der Waals surface area contributed by atoms with Crippen LogP contribution in [0.3, 0.4) is 0 Å². The van der Waals surface area contributed by atoms with Crippen molar-refractivity contribution in [2.75, 3.05) is 19.8 Å². The van der Waals surface area contributed by atoms with Crippen LogP contribution >= 0.6 is 0 Å². The van der Waals surface area contributed by atoms with E-state index in [9.17, 15) is 0 Å². The van der Waals surface area contributed by atoms with Gasteiger partial charge in [0.2, 0.25) is 0 Å². The van der Waals surface area contributed by atoms with Crippen LogP contribution in [0.2, 0.25) is 0 Å². The van der Waals surface area contributed by atoms with E-state index >= 15 is 0 Å². The topological polar surface area (TPSA) is 43.6 Å². The fourth-order valence-corrected chi connectivity index (χ4v) is 1.82. The molecule has 1 N–H and O–H groups in total. The molecule has 1 aliphatic rings. The number of rotatable bonds is 11. The first-order valence-electron chi connectivity index (χ1n) is 7.34. The minimum Gasteiger partial charge on any atom is -0.467 e. The van der Waals surface area contributed by atoms with Gasteiger partial charge in [-0.05, 0) is 25.3 Å². The Balaban J connectivity index is 1.55. The molecule has 0 amide bonds. The van der Waals surface area contributed by atoms with Gasteiger partial charge in [-0.15, -0.1) is 0 Å². The van der Waals surface area contributed by atoms with Gasteiger partial charge in [0.15, 0.2) is 0 Å². The van der Waals surface area contributed by atoms with Crippen molar-refractivity contribution < 1.29 is 13.9 Å². The summed E-state index contributed by atoms with van der Waals surface area (Å²) in [6.07, 6.45) is 6.64. The minimum atomic E-state index is 0.534. The van der Waals surface area contributed by atoms with E-state index in [1.807, 2.05) is 6.07 Å². The monoisotopic (exact) mass is 267 g/mol. The Morgan fingerprint density at radius 1 is 1.26 bits per heavy atom. The van der Waals surface area contributed by atoms with Gasteiger partial charge in [-0.25, -0.2) is 0 Å². The predicted octanol–water partition coefficient (Wildman–Crippen LogP) is 2.86. The van der Waals surface area contributed by atoms with Gasteiger partial charge in [-0.3, -0.25) is 0 Å². The lowest BCUT2D eigenvalue weighted by molar-refractivity contribution is 0.0336. The van der Waals surface area contributed by atoms with Crippen molar-refractivity contribution in [1.82, 2.24) is 5.32 Å². The Kier molecular flexibility index (Phi) is 6.41. The van der Waals surface area contributed by atoms with Gasteiger partial charge in [-0.2, -0.15) is 0 Å². The molecule has 1 aliphatic carbocycles. The molecule has 0 aliphatic heterocycles. The fourth-order valence-electron chi connectivity index (χ4n) is 1.82. The molecule has 0 radical (unpaired) electrons. The summed E-state index contributed by atoms with van der Waals surface area (Å²) >= 11 is 0. The number of furan rings is 1. The maximum Gasteiger partial charge on any atom is 0.133 e. The molecule has 1 saturated carbocycles. The van der Waals surface area contributed by atoms with Crippen LogP contribution in [0.4, 0.5) is 0 Å². The highest BCUT2D eigenvalue weighted by molar-refractivity contribution is 5.16. The zero-order chi connectivity index (χ0) is 13.3. The third-order valence-electron chi connectivity index (χ3n) is 3.24. The molecule has 2 rings (SSSR count). The summed E-state index contributed by atoms with van der Waals surface area (Å²) in [4.78, 5) is 0. The van der Waals surface area contributed by atoms with Gasteiger partial charge < -0.3 is 19.2 Å². The van der Waals surface area contributed by atoms with E-state index in [1.165, 1.54) is 24.8 Å². The normalized spacial score (nSPS) is 15.0. The molecule has 0 spiro atoms. The van der Waals surface area contributed by atoms with E-state index in [0.29, 0.717) is 19.8 Å². The van der Waals surface area contributed by atoms with E-state index in [0.717, 1.165) is 31.4 Å². The van der Waals surface area contributed by atoms with E-state index in [1.54, 1.807) is 6.26 Å². The Labute approximate surface area is 115 Å². The SMILES string of the molecule is CCCCOCCOCc1occc1CNC1CC1. The molecule has 1 aromatic heterocycles. The first kappa shape index (κ1) is 14.6. The summed E-state index contributed by atoms with van der Waals surface area (Å²) in [7, 11) is 0. The molecule has 108 valence electrons. The van der Waals surface area contributed by atoms with Gasteiger partial charge in [-0.1, -0.05) is 13.3 Å². The minimum absolute atomic E-state index is 0.534. The van der Waals surface area contributed by atoms with Gasteiger partial charge in [0.25, 0.3) is 0 Å². The maximum absolute atomic E-state index is 5.57. The lowest BCUT2D eigenvalue weighted by Crippen LogP contribution is -2.16. The van der Waals surface area contributed by atoms with Crippen molar-refractivity contribution in [2.45, 2.75) is 51.8 Å². The molecule has 0 saturated heterocycles. The third-order valence-corrected chi connectivity index (χ3v) is 3.24. The second kappa shape index (κ2) is 8.35. The first-order valence-corrected chi connectivity index (χ1v) is 7.34. The van der Waals surface area contributed by atoms with Crippen molar-refractivity contribution in [3.8, 4) is 0 Å². The van der Waals surface area contributed by atoms with Crippen molar-refractivity contribution >= 4 is 0 Å². The molecule has 0 aromatic carbocycles. The molecule has 1 fully saturated rings. The van der Waals surface area contributed by atoms with E-state index in [4.69, 9.17) is 13.9 Å². The maximum atomic E-state index is 5.57. The first-order chi connectivity index (χ1) is 9.40. The van der Waals surface area contributed by atoms with Gasteiger partial charge in [0, 0.05) is 24.8 Å². The summed E-state index contributed by atoms with van der Waals surface area (Å²) < 4.78 is 16.5. The highest BCUT2D eigenvalue weighted by Crippen LogP contribution is 2.20. The lowest BCUT2D eigenvalue weighted by atomic mass is 10.2. The summed E-state index contributed by atoms with van der Waals surface area (Å²) in [5.41, 5.74) is 1.21. The average molecular weight is 267 g/mol. The van der Waals surface area contributed by atoms with E-state index in [2.05, 4.69) is 12.2 Å². The fraction of sp³-hybridized carbons (Fsp3) is 0.733. The van der Waals surface area contributed by atoms with Gasteiger partial charge in [0.1, 0.15) is 12.4 Å². The smallest absolute Gasteiger partial charge is 0.133 e. The number of hydrogen-bond donors (Lipinski definition) is 1. The van der Waals surface area contributed by atoms with Crippen LogP contribution in [0, 0.1) is 0 Å². The molecule has 0 unspecified atom stereocenters. The Bertz CT molecular complexity index is 347. The van der Waals surface area contributed by atoms with Crippen molar-refractivity contribution in [2.24, 2.45) is 0 Å². The molecule has 4 nitrogen and oxygen atoms in total. The Hall–Kier alpha value is -0.840. The van der Waals surface area contributed by atoms with Crippen LogP contribution in [0.1, 0.15) is 43.9 Å². The number of hydrogen-bond acceptors (Lipinski definition) is 4. The summed E-state index contributed by atoms with van der Waals surface area (Å²) in [5.74, 6) is 0.932. The molecule has 0 atom stereocenters. The number of unbranched alkanes of at least 4 members (excludes halogenated alkanes) is 1. The van der Waals surface area contributed by atoms with Crippen LogP contribution in [0.15, 0.2) is 16.7 Å². The van der Waals surface area contributed by atoms with E-state index < -0.39 is 0 Å². The van der Waals surface area contributed by atoms with Crippen molar-refractivity contribution in [1.29, 1.82) is 0 Å².